The van der Waals surface area contributed by atoms with E-state index >= 15 is 0 Å². The first-order valence-corrected chi connectivity index (χ1v) is 13.9. The zero-order valence-electron chi connectivity index (χ0n) is 22.6. The fourth-order valence-corrected chi connectivity index (χ4v) is 5.49. The van der Waals surface area contributed by atoms with Crippen molar-refractivity contribution in [3.63, 3.8) is 0 Å². The number of hydrogen-bond acceptors (Lipinski definition) is 7. The maximum absolute atomic E-state index is 13.2. The number of nitrogens with zero attached hydrogens (tertiary/aromatic N) is 6. The van der Waals surface area contributed by atoms with Crippen LogP contribution < -0.4 is 5.32 Å². The summed E-state index contributed by atoms with van der Waals surface area (Å²) in [6.45, 7) is 8.29. The molecule has 9 heteroatoms. The van der Waals surface area contributed by atoms with E-state index < -0.39 is 0 Å². The first kappa shape index (κ1) is 25.6. The Hall–Kier alpha value is -3.66. The summed E-state index contributed by atoms with van der Waals surface area (Å²) in [5, 5.41) is 11.1. The number of amides is 1. The summed E-state index contributed by atoms with van der Waals surface area (Å²) in [6.07, 6.45) is 9.43. The third-order valence-electron chi connectivity index (χ3n) is 7.83. The first-order chi connectivity index (χ1) is 19.1. The highest BCUT2D eigenvalue weighted by atomic mass is 16.1. The lowest BCUT2D eigenvalue weighted by Crippen LogP contribution is -2.43. The van der Waals surface area contributed by atoms with Crippen LogP contribution in [0.5, 0.6) is 0 Å². The van der Waals surface area contributed by atoms with Crippen molar-refractivity contribution in [2.24, 2.45) is 0 Å². The minimum atomic E-state index is -0.260. The van der Waals surface area contributed by atoms with Crippen molar-refractivity contribution in [2.45, 2.75) is 32.4 Å². The molecule has 2 fully saturated rings. The summed E-state index contributed by atoms with van der Waals surface area (Å²) in [5.41, 5.74) is 6.11. The molecule has 2 aliphatic rings. The highest BCUT2D eigenvalue weighted by Crippen LogP contribution is 2.27. The number of carbonyl (C=O) groups excluding carboxylic acids is 1. The van der Waals surface area contributed by atoms with Gasteiger partial charge in [0.1, 0.15) is 0 Å². The Bertz CT molecular complexity index is 1420. The molecule has 5 heterocycles. The lowest BCUT2D eigenvalue weighted by atomic mass is 10.0. The molecule has 2 saturated heterocycles. The largest absolute Gasteiger partial charge is 0.319 e. The van der Waals surface area contributed by atoms with Gasteiger partial charge >= 0.3 is 0 Å². The fourth-order valence-electron chi connectivity index (χ4n) is 5.49. The van der Waals surface area contributed by atoms with Crippen LogP contribution in [-0.4, -0.2) is 87.1 Å². The molecule has 0 bridgehead atoms. The highest BCUT2D eigenvalue weighted by Gasteiger charge is 2.17. The summed E-state index contributed by atoms with van der Waals surface area (Å²) in [6, 6.07) is 12.1. The van der Waals surface area contributed by atoms with E-state index in [4.69, 9.17) is 0 Å². The molecule has 1 amide bonds. The van der Waals surface area contributed by atoms with Crippen LogP contribution in [0.15, 0.2) is 55.0 Å². The van der Waals surface area contributed by atoms with Crippen molar-refractivity contribution in [3.8, 4) is 11.1 Å². The number of carbonyl (C=O) groups is 1. The zero-order valence-corrected chi connectivity index (χ0v) is 22.6. The van der Waals surface area contributed by atoms with E-state index in [1.54, 1.807) is 6.20 Å². The summed E-state index contributed by atoms with van der Waals surface area (Å²) in [5.74, 6) is -0.260. The number of anilines is 1. The van der Waals surface area contributed by atoms with Crippen LogP contribution in [0.1, 0.15) is 41.0 Å². The topological polar surface area (TPSA) is 93.3 Å². The van der Waals surface area contributed by atoms with Gasteiger partial charge in [0.2, 0.25) is 0 Å². The van der Waals surface area contributed by atoms with Gasteiger partial charge in [-0.1, -0.05) is 12.5 Å². The van der Waals surface area contributed by atoms with Gasteiger partial charge in [0.25, 0.3) is 5.91 Å². The molecule has 202 valence electrons. The maximum atomic E-state index is 13.2. The molecule has 0 saturated carbocycles. The molecule has 0 atom stereocenters. The number of H-pyrrole nitrogens is 1. The van der Waals surface area contributed by atoms with Crippen LogP contribution in [0, 0.1) is 0 Å². The van der Waals surface area contributed by atoms with Crippen molar-refractivity contribution in [1.82, 2.24) is 34.9 Å². The minimum absolute atomic E-state index is 0.260. The average Bonchev–Trinajstić information content (AvgIpc) is 3.40. The Balaban J connectivity index is 1.14. The number of piperazine rings is 1. The van der Waals surface area contributed by atoms with Gasteiger partial charge in [-0.3, -0.25) is 29.7 Å². The molecule has 9 nitrogen and oxygen atoms in total. The van der Waals surface area contributed by atoms with E-state index in [1.165, 1.54) is 24.8 Å². The third kappa shape index (κ3) is 6.16. The molecule has 2 aliphatic heterocycles. The predicted molar refractivity (Wildman–Crippen MR) is 153 cm³/mol. The predicted octanol–water partition coefficient (Wildman–Crippen LogP) is 4.01. The fraction of sp³-hybridized carbons (Fsp3) is 0.400. The normalized spacial score (nSPS) is 17.5. The van der Waals surface area contributed by atoms with Gasteiger partial charge in [0.15, 0.2) is 5.69 Å². The monoisotopic (exact) mass is 524 g/mol. The lowest BCUT2D eigenvalue weighted by Gasteiger charge is -2.32. The van der Waals surface area contributed by atoms with Crippen molar-refractivity contribution in [1.29, 1.82) is 0 Å². The highest BCUT2D eigenvalue weighted by molar-refractivity contribution is 6.11. The third-order valence-corrected chi connectivity index (χ3v) is 7.83. The Labute approximate surface area is 229 Å². The van der Waals surface area contributed by atoms with Gasteiger partial charge in [0.05, 0.1) is 23.1 Å². The molecule has 6 rings (SSSR count). The average molecular weight is 525 g/mol. The molecule has 0 unspecified atom stereocenters. The number of nitrogens with one attached hydrogen (secondary N) is 2. The number of rotatable bonds is 7. The minimum Gasteiger partial charge on any atom is -0.319 e. The van der Waals surface area contributed by atoms with Crippen molar-refractivity contribution < 1.29 is 4.79 Å². The summed E-state index contributed by atoms with van der Waals surface area (Å²) in [4.78, 5) is 29.5. The number of hydrogen-bond donors (Lipinski definition) is 2. The second-order valence-electron chi connectivity index (χ2n) is 10.8. The van der Waals surface area contributed by atoms with Crippen LogP contribution in [0.3, 0.4) is 0 Å². The first-order valence-electron chi connectivity index (χ1n) is 13.9. The van der Waals surface area contributed by atoms with Crippen LogP contribution in [0.2, 0.25) is 0 Å². The number of likely N-dealkylation sites (tertiary alicyclic amines) is 1. The van der Waals surface area contributed by atoms with Gasteiger partial charge in [0, 0.05) is 62.6 Å². The van der Waals surface area contributed by atoms with Gasteiger partial charge in [-0.2, -0.15) is 5.10 Å². The zero-order chi connectivity index (χ0) is 26.6. The quantitative estimate of drug-likeness (QED) is 0.377. The molecule has 0 radical (unpaired) electrons. The van der Waals surface area contributed by atoms with E-state index in [2.05, 4.69) is 53.3 Å². The Morgan fingerprint density at radius 2 is 1.69 bits per heavy atom. The van der Waals surface area contributed by atoms with Gasteiger partial charge in [-0.25, -0.2) is 0 Å². The summed E-state index contributed by atoms with van der Waals surface area (Å²) < 4.78 is 0. The van der Waals surface area contributed by atoms with Crippen LogP contribution in [-0.2, 0) is 13.1 Å². The Morgan fingerprint density at radius 1 is 0.872 bits per heavy atom. The molecular weight excluding hydrogens is 488 g/mol. The molecule has 0 aliphatic carbocycles. The van der Waals surface area contributed by atoms with Crippen LogP contribution in [0.25, 0.3) is 22.0 Å². The standard InChI is InChI=1S/C30H36N8O/c1-36-11-13-38(14-12-36)21-26-7-6-25(19-32-26)33-30(39)29-27-16-23(5-8-28(27)34-35-29)24-15-22(17-31-18-24)20-37-9-3-2-4-10-37/h5-8,15-19H,2-4,9-14,20-21H2,1H3,(H,33,39)(H,34,35). The molecular formula is C30H36N8O. The van der Waals surface area contributed by atoms with Crippen molar-refractivity contribution >= 4 is 22.5 Å². The van der Waals surface area contributed by atoms with Gasteiger partial charge in [-0.15, -0.1) is 0 Å². The molecule has 3 aromatic heterocycles. The lowest BCUT2D eigenvalue weighted by molar-refractivity contribution is 0.102. The smallest absolute Gasteiger partial charge is 0.276 e. The van der Waals surface area contributed by atoms with Crippen LogP contribution >= 0.6 is 0 Å². The number of pyridine rings is 2. The molecule has 1 aromatic carbocycles. The number of likely N-dealkylation sites (N-methyl/N-ethyl adjacent to an activating group) is 1. The summed E-state index contributed by atoms with van der Waals surface area (Å²) in [7, 11) is 2.16. The van der Waals surface area contributed by atoms with Gasteiger partial charge in [-0.05, 0) is 74.4 Å². The molecule has 0 spiro atoms. The number of fused-ring (bicyclic) bond motifs is 1. The molecule has 2 N–H and O–H groups in total. The summed E-state index contributed by atoms with van der Waals surface area (Å²) >= 11 is 0. The van der Waals surface area contributed by atoms with E-state index in [-0.39, 0.29) is 5.91 Å². The van der Waals surface area contributed by atoms with E-state index in [0.717, 1.165) is 80.1 Å². The van der Waals surface area contributed by atoms with E-state index in [1.807, 2.05) is 42.7 Å². The Kier molecular flexibility index (Phi) is 7.62. The molecule has 4 aromatic rings. The number of aromatic nitrogens is 4. The van der Waals surface area contributed by atoms with Crippen molar-refractivity contribution in [3.05, 3.63) is 71.9 Å². The number of aromatic amines is 1. The van der Waals surface area contributed by atoms with Crippen LogP contribution in [0.4, 0.5) is 5.69 Å². The SMILES string of the molecule is CN1CCN(Cc2ccc(NC(=O)c3n[nH]c4ccc(-c5cncc(CN6CCCCC6)c5)cc34)cn2)CC1. The number of piperidine rings is 1. The van der Waals surface area contributed by atoms with Gasteiger partial charge < -0.3 is 10.2 Å². The second-order valence-corrected chi connectivity index (χ2v) is 10.8. The molecule has 39 heavy (non-hydrogen) atoms. The van der Waals surface area contributed by atoms with E-state index in [0.29, 0.717) is 11.4 Å². The van der Waals surface area contributed by atoms with Crippen molar-refractivity contribution in [2.75, 3.05) is 51.6 Å². The number of benzene rings is 1. The van der Waals surface area contributed by atoms with E-state index in [9.17, 15) is 4.79 Å². The maximum Gasteiger partial charge on any atom is 0.276 e. The Morgan fingerprint density at radius 3 is 2.49 bits per heavy atom. The second kappa shape index (κ2) is 11.6.